The highest BCUT2D eigenvalue weighted by molar-refractivity contribution is 5.97. The van der Waals surface area contributed by atoms with Crippen LogP contribution in [0.3, 0.4) is 0 Å². The van der Waals surface area contributed by atoms with Gasteiger partial charge in [-0.25, -0.2) is 4.68 Å². The molecule has 0 radical (unpaired) electrons. The molecule has 36 heavy (non-hydrogen) atoms. The number of anilines is 1. The Balaban J connectivity index is 1.27. The maximum absolute atomic E-state index is 13.3. The Kier molecular flexibility index (Phi) is 5.32. The number of carbonyl (C=O) groups is 1. The SMILES string of the molecule is O=C1[C@@H](C(O)c2nc(=O)c3cc(-c4cn[nH]c4)ccc3[nH]2)OCCN1c1ccn(-c2ccnnc2)n1. The van der Waals surface area contributed by atoms with E-state index in [1.807, 2.05) is 6.07 Å². The lowest BCUT2D eigenvalue weighted by Crippen LogP contribution is -2.50. The number of nitrogens with one attached hydrogen (secondary N) is 2. The molecule has 6 rings (SSSR count). The van der Waals surface area contributed by atoms with E-state index in [4.69, 9.17) is 4.74 Å². The number of ether oxygens (including phenoxy) is 1. The zero-order valence-electron chi connectivity index (χ0n) is 18.6. The molecular weight excluding hydrogens is 466 g/mol. The Bertz CT molecular complexity index is 1600. The van der Waals surface area contributed by atoms with Crippen molar-refractivity contribution >= 4 is 22.6 Å². The highest BCUT2D eigenvalue weighted by atomic mass is 16.5. The Labute approximate surface area is 202 Å². The largest absolute Gasteiger partial charge is 0.382 e. The molecule has 13 nitrogen and oxygen atoms in total. The first-order chi connectivity index (χ1) is 17.6. The minimum Gasteiger partial charge on any atom is -0.382 e. The van der Waals surface area contributed by atoms with E-state index < -0.39 is 23.7 Å². The number of hydrogen-bond acceptors (Lipinski definition) is 9. The van der Waals surface area contributed by atoms with E-state index in [9.17, 15) is 14.7 Å². The maximum atomic E-state index is 13.3. The molecule has 0 bridgehead atoms. The molecule has 1 amide bonds. The maximum Gasteiger partial charge on any atom is 0.280 e. The van der Waals surface area contributed by atoms with Crippen molar-refractivity contribution in [1.29, 1.82) is 0 Å². The number of rotatable bonds is 5. The number of aromatic amines is 2. The van der Waals surface area contributed by atoms with E-state index >= 15 is 0 Å². The van der Waals surface area contributed by atoms with Crippen molar-refractivity contribution in [3.63, 3.8) is 0 Å². The minimum absolute atomic E-state index is 0.0582. The smallest absolute Gasteiger partial charge is 0.280 e. The Morgan fingerprint density at radius 3 is 2.83 bits per heavy atom. The summed E-state index contributed by atoms with van der Waals surface area (Å²) in [6.07, 6.45) is 5.39. The molecule has 1 aliphatic rings. The molecule has 180 valence electrons. The van der Waals surface area contributed by atoms with Gasteiger partial charge in [0.05, 0.1) is 48.3 Å². The van der Waals surface area contributed by atoms with Crippen LogP contribution in [0.15, 0.2) is 66.1 Å². The first-order valence-corrected chi connectivity index (χ1v) is 11.1. The summed E-state index contributed by atoms with van der Waals surface area (Å²) in [6, 6.07) is 8.64. The normalized spacial score (nSPS) is 17.0. The van der Waals surface area contributed by atoms with Crippen LogP contribution in [0.2, 0.25) is 0 Å². The fourth-order valence-corrected chi connectivity index (χ4v) is 4.12. The van der Waals surface area contributed by atoms with Gasteiger partial charge in [-0.15, -0.1) is 5.10 Å². The molecule has 4 aromatic heterocycles. The number of benzene rings is 1. The van der Waals surface area contributed by atoms with Gasteiger partial charge in [-0.2, -0.15) is 20.3 Å². The van der Waals surface area contributed by atoms with E-state index in [1.165, 1.54) is 4.90 Å². The predicted molar refractivity (Wildman–Crippen MR) is 126 cm³/mol. The molecule has 1 saturated heterocycles. The first kappa shape index (κ1) is 21.8. The molecule has 13 heteroatoms. The highest BCUT2D eigenvalue weighted by Gasteiger charge is 2.38. The van der Waals surface area contributed by atoms with Crippen LogP contribution in [0.5, 0.6) is 0 Å². The summed E-state index contributed by atoms with van der Waals surface area (Å²) in [5.74, 6) is -0.161. The van der Waals surface area contributed by atoms with Gasteiger partial charge in [-0.3, -0.25) is 19.6 Å². The van der Waals surface area contributed by atoms with Crippen LogP contribution in [-0.2, 0) is 9.53 Å². The average Bonchev–Trinajstić information content (AvgIpc) is 3.62. The topological polar surface area (TPSA) is 168 Å². The van der Waals surface area contributed by atoms with Gasteiger partial charge in [0.1, 0.15) is 11.9 Å². The number of aliphatic hydroxyl groups is 1. The van der Waals surface area contributed by atoms with Gasteiger partial charge in [0, 0.05) is 24.0 Å². The Hall–Kier alpha value is -4.75. The van der Waals surface area contributed by atoms with E-state index in [-0.39, 0.29) is 19.0 Å². The molecule has 5 aromatic rings. The average molecular weight is 485 g/mol. The number of aliphatic hydroxyl groups excluding tert-OH is 1. The summed E-state index contributed by atoms with van der Waals surface area (Å²) in [6.45, 7) is 0.426. The van der Waals surface area contributed by atoms with Gasteiger partial charge < -0.3 is 14.8 Å². The number of carbonyl (C=O) groups excluding carboxylic acids is 1. The molecule has 0 spiro atoms. The number of morpholine rings is 1. The standard InChI is InChI=1S/C23H19N9O4/c33-19(21-28-17-2-1-13(14-10-25-26-11-14)9-16(17)22(34)29-21)20-23(35)31(7-8-36-20)18-4-6-32(30-18)15-3-5-24-27-12-15/h1-6,9-12,19-20,33H,7-8H2,(H,25,26)(H,28,29,34)/t19?,20-/m1/s1. The number of nitrogens with zero attached hydrogens (tertiary/aromatic N) is 7. The minimum atomic E-state index is -1.49. The molecule has 1 unspecified atom stereocenters. The molecule has 3 N–H and O–H groups in total. The summed E-state index contributed by atoms with van der Waals surface area (Å²) in [7, 11) is 0. The summed E-state index contributed by atoms with van der Waals surface area (Å²) in [5, 5.41) is 30.0. The van der Waals surface area contributed by atoms with E-state index in [2.05, 4.69) is 35.5 Å². The predicted octanol–water partition coefficient (Wildman–Crippen LogP) is 0.754. The van der Waals surface area contributed by atoms with Gasteiger partial charge in [-0.05, 0) is 23.8 Å². The highest BCUT2D eigenvalue weighted by Crippen LogP contribution is 2.26. The lowest BCUT2D eigenvalue weighted by atomic mass is 10.1. The third-order valence-electron chi connectivity index (χ3n) is 5.94. The zero-order valence-corrected chi connectivity index (χ0v) is 18.6. The van der Waals surface area contributed by atoms with Crippen molar-refractivity contribution in [3.05, 3.63) is 77.5 Å². The summed E-state index contributed by atoms with van der Waals surface area (Å²) < 4.78 is 7.17. The first-order valence-electron chi connectivity index (χ1n) is 11.1. The van der Waals surface area contributed by atoms with Crippen molar-refractivity contribution in [2.45, 2.75) is 12.2 Å². The van der Waals surface area contributed by atoms with Gasteiger partial charge in [0.25, 0.3) is 11.5 Å². The third kappa shape index (κ3) is 3.81. The van der Waals surface area contributed by atoms with E-state index in [0.717, 1.165) is 11.1 Å². The second-order valence-corrected chi connectivity index (χ2v) is 8.12. The molecule has 5 heterocycles. The lowest BCUT2D eigenvalue weighted by Gasteiger charge is -2.32. The van der Waals surface area contributed by atoms with Crippen LogP contribution in [0.4, 0.5) is 5.82 Å². The van der Waals surface area contributed by atoms with Crippen molar-refractivity contribution in [1.82, 2.24) is 40.1 Å². The van der Waals surface area contributed by atoms with Gasteiger partial charge >= 0.3 is 0 Å². The number of H-pyrrole nitrogens is 2. The Morgan fingerprint density at radius 2 is 2.03 bits per heavy atom. The van der Waals surface area contributed by atoms with Crippen LogP contribution >= 0.6 is 0 Å². The quantitative estimate of drug-likeness (QED) is 0.325. The lowest BCUT2D eigenvalue weighted by molar-refractivity contribution is -0.143. The van der Waals surface area contributed by atoms with Crippen LogP contribution in [0, 0.1) is 0 Å². The van der Waals surface area contributed by atoms with Gasteiger partial charge in [0.15, 0.2) is 11.9 Å². The van der Waals surface area contributed by atoms with Gasteiger partial charge in [0.2, 0.25) is 0 Å². The van der Waals surface area contributed by atoms with Crippen molar-refractivity contribution in [2.75, 3.05) is 18.1 Å². The fourth-order valence-electron chi connectivity index (χ4n) is 4.12. The van der Waals surface area contributed by atoms with Crippen LogP contribution in [0.1, 0.15) is 11.9 Å². The van der Waals surface area contributed by atoms with Gasteiger partial charge in [-0.1, -0.05) is 6.07 Å². The molecule has 1 aliphatic heterocycles. The summed E-state index contributed by atoms with van der Waals surface area (Å²) in [4.78, 5) is 34.4. The van der Waals surface area contributed by atoms with Crippen molar-refractivity contribution < 1.29 is 14.6 Å². The second kappa shape index (κ2) is 8.79. The molecule has 2 atom stereocenters. The summed E-state index contributed by atoms with van der Waals surface area (Å²) in [5.41, 5.74) is 2.24. The van der Waals surface area contributed by atoms with Crippen molar-refractivity contribution in [3.8, 4) is 16.8 Å². The van der Waals surface area contributed by atoms with E-state index in [0.29, 0.717) is 22.4 Å². The monoisotopic (exact) mass is 485 g/mol. The number of amides is 1. The number of aromatic nitrogens is 8. The molecule has 1 aromatic carbocycles. The molecule has 0 aliphatic carbocycles. The molecule has 0 saturated carbocycles. The zero-order chi connectivity index (χ0) is 24.6. The Morgan fingerprint density at radius 1 is 1.11 bits per heavy atom. The molecular formula is C23H19N9O4. The third-order valence-corrected chi connectivity index (χ3v) is 5.94. The van der Waals surface area contributed by atoms with Crippen LogP contribution in [0.25, 0.3) is 27.7 Å². The number of fused-ring (bicyclic) bond motifs is 1. The molecule has 1 fully saturated rings. The van der Waals surface area contributed by atoms with Crippen LogP contribution < -0.4 is 10.5 Å². The summed E-state index contributed by atoms with van der Waals surface area (Å²) >= 11 is 0. The van der Waals surface area contributed by atoms with E-state index in [1.54, 1.807) is 59.9 Å². The number of hydrogen-bond donors (Lipinski definition) is 3. The van der Waals surface area contributed by atoms with Crippen LogP contribution in [-0.4, -0.2) is 70.4 Å². The van der Waals surface area contributed by atoms with Crippen molar-refractivity contribution in [2.24, 2.45) is 0 Å². The fraction of sp³-hybridized carbons (Fsp3) is 0.174. The second-order valence-electron chi connectivity index (χ2n) is 8.12.